The van der Waals surface area contributed by atoms with Crippen molar-refractivity contribution in [1.29, 1.82) is 0 Å². The highest BCUT2D eigenvalue weighted by atomic mass is 32.2. The number of fused-ring (bicyclic) bond motifs is 3. The van der Waals surface area contributed by atoms with E-state index in [2.05, 4.69) is 5.32 Å². The summed E-state index contributed by atoms with van der Waals surface area (Å²) in [4.78, 5) is 0. The van der Waals surface area contributed by atoms with Crippen LogP contribution in [-0.2, 0) is 9.84 Å². The molecule has 3 aromatic rings. The summed E-state index contributed by atoms with van der Waals surface area (Å²) >= 11 is 0. The van der Waals surface area contributed by atoms with Crippen LogP contribution in [0.4, 0.5) is 5.69 Å². The van der Waals surface area contributed by atoms with Crippen LogP contribution in [0.3, 0.4) is 0 Å². The van der Waals surface area contributed by atoms with Crippen LogP contribution >= 0.6 is 0 Å². The molecule has 0 saturated carbocycles. The predicted octanol–water partition coefficient (Wildman–Crippen LogP) is 3.58. The van der Waals surface area contributed by atoms with Crippen LogP contribution in [0, 0.1) is 0 Å². The van der Waals surface area contributed by atoms with E-state index in [0.29, 0.717) is 12.8 Å². The lowest BCUT2D eigenvalue weighted by Gasteiger charge is -2.24. The Bertz CT molecular complexity index is 992. The lowest BCUT2D eigenvalue weighted by atomic mass is 10.1. The minimum absolute atomic E-state index is 0.129. The van der Waals surface area contributed by atoms with Gasteiger partial charge in [0.25, 0.3) is 0 Å². The monoisotopic (exact) mass is 345 g/mol. The van der Waals surface area contributed by atoms with Gasteiger partial charge in [-0.3, -0.25) is 0 Å². The molecular weight excluding hydrogens is 326 g/mol. The van der Waals surface area contributed by atoms with Crippen molar-refractivity contribution in [3.8, 4) is 5.75 Å². The zero-order valence-electron chi connectivity index (χ0n) is 13.4. The third-order valence-corrected chi connectivity index (χ3v) is 6.33. The molecule has 2 aromatic carbocycles. The smallest absolute Gasteiger partial charge is 0.150 e. The quantitative estimate of drug-likeness (QED) is 0.786. The van der Waals surface area contributed by atoms with E-state index >= 15 is 0 Å². The van der Waals surface area contributed by atoms with Gasteiger partial charge in [-0.05, 0) is 25.0 Å². The van der Waals surface area contributed by atoms with Crippen molar-refractivity contribution >= 4 is 37.5 Å². The Hall–Kier alpha value is -2.21. The predicted molar refractivity (Wildman–Crippen MR) is 95.6 cm³/mol. The molecule has 5 nitrogen and oxygen atoms in total. The van der Waals surface area contributed by atoms with Gasteiger partial charge in [0.2, 0.25) is 0 Å². The van der Waals surface area contributed by atoms with E-state index in [1.165, 1.54) is 0 Å². The molecule has 0 radical (unpaired) electrons. The number of para-hydroxylation sites is 1. The number of furan rings is 1. The second kappa shape index (κ2) is 5.70. The number of hydrogen-bond acceptors (Lipinski definition) is 5. The number of sulfone groups is 1. The van der Waals surface area contributed by atoms with Gasteiger partial charge in [0.1, 0.15) is 26.8 Å². The lowest BCUT2D eigenvalue weighted by Crippen LogP contribution is -2.32. The Morgan fingerprint density at radius 2 is 1.83 bits per heavy atom. The van der Waals surface area contributed by atoms with E-state index in [0.717, 1.165) is 33.4 Å². The Morgan fingerprint density at radius 1 is 1.08 bits per heavy atom. The van der Waals surface area contributed by atoms with Gasteiger partial charge in [0.15, 0.2) is 0 Å². The molecule has 1 N–H and O–H groups in total. The maximum Gasteiger partial charge on any atom is 0.150 e. The van der Waals surface area contributed by atoms with Gasteiger partial charge in [-0.25, -0.2) is 8.42 Å². The summed E-state index contributed by atoms with van der Waals surface area (Å²) < 4.78 is 34.6. The molecule has 0 aliphatic carbocycles. The van der Waals surface area contributed by atoms with Crippen LogP contribution in [0.15, 0.2) is 40.8 Å². The van der Waals surface area contributed by atoms with Gasteiger partial charge in [0, 0.05) is 22.9 Å². The summed E-state index contributed by atoms with van der Waals surface area (Å²) in [5, 5.41) is 5.49. The average molecular weight is 345 g/mol. The molecule has 24 heavy (non-hydrogen) atoms. The van der Waals surface area contributed by atoms with E-state index in [9.17, 15) is 8.42 Å². The Labute approximate surface area is 140 Å². The summed E-state index contributed by atoms with van der Waals surface area (Å²) in [6.07, 6.45) is 1.23. The molecule has 1 aliphatic heterocycles. The van der Waals surface area contributed by atoms with E-state index < -0.39 is 9.84 Å². The van der Waals surface area contributed by atoms with Gasteiger partial charge < -0.3 is 14.5 Å². The fraction of sp³-hybridized carbons (Fsp3) is 0.333. The first-order chi connectivity index (χ1) is 11.6. The lowest BCUT2D eigenvalue weighted by molar-refractivity contribution is 0.416. The molecule has 1 aliphatic rings. The molecule has 1 aromatic heterocycles. The molecule has 0 bridgehead atoms. The van der Waals surface area contributed by atoms with Crippen LogP contribution in [0.1, 0.15) is 12.8 Å². The Balaban J connectivity index is 1.71. The van der Waals surface area contributed by atoms with Crippen LogP contribution < -0.4 is 10.1 Å². The molecule has 0 atom stereocenters. The molecule has 0 amide bonds. The summed E-state index contributed by atoms with van der Waals surface area (Å²) in [6, 6.07) is 12.0. The normalized spacial score (nSPS) is 18.0. The molecule has 1 fully saturated rings. The maximum absolute atomic E-state index is 11.6. The Morgan fingerprint density at radius 3 is 2.58 bits per heavy atom. The molecule has 6 heteroatoms. The number of methoxy groups -OCH3 is 1. The highest BCUT2D eigenvalue weighted by Crippen LogP contribution is 2.37. The number of rotatable bonds is 3. The van der Waals surface area contributed by atoms with Gasteiger partial charge >= 0.3 is 0 Å². The number of ether oxygens (including phenoxy) is 1. The Kier molecular flexibility index (Phi) is 3.64. The molecular formula is C18H19NO4S. The van der Waals surface area contributed by atoms with Crippen molar-refractivity contribution in [2.24, 2.45) is 0 Å². The van der Waals surface area contributed by atoms with Crippen molar-refractivity contribution in [3.05, 3.63) is 36.4 Å². The largest absolute Gasteiger partial charge is 0.495 e. The second-order valence-electron chi connectivity index (χ2n) is 6.22. The van der Waals surface area contributed by atoms with Crippen LogP contribution in [0.2, 0.25) is 0 Å². The van der Waals surface area contributed by atoms with Gasteiger partial charge in [-0.2, -0.15) is 0 Å². The highest BCUT2D eigenvalue weighted by Gasteiger charge is 2.24. The summed E-state index contributed by atoms with van der Waals surface area (Å²) in [6.45, 7) is 0. The first-order valence-electron chi connectivity index (χ1n) is 8.02. The van der Waals surface area contributed by atoms with E-state index in [1.54, 1.807) is 7.11 Å². The molecule has 126 valence electrons. The van der Waals surface area contributed by atoms with Crippen LogP contribution in [0.25, 0.3) is 21.9 Å². The molecule has 0 unspecified atom stereocenters. The van der Waals surface area contributed by atoms with E-state index in [-0.39, 0.29) is 17.5 Å². The third kappa shape index (κ3) is 2.71. The van der Waals surface area contributed by atoms with E-state index in [4.69, 9.17) is 9.15 Å². The van der Waals surface area contributed by atoms with Crippen molar-refractivity contribution < 1.29 is 17.6 Å². The van der Waals surface area contributed by atoms with Gasteiger partial charge in [-0.1, -0.05) is 18.2 Å². The summed E-state index contributed by atoms with van der Waals surface area (Å²) in [5.74, 6) is 1.21. The maximum atomic E-state index is 11.6. The highest BCUT2D eigenvalue weighted by molar-refractivity contribution is 7.91. The minimum Gasteiger partial charge on any atom is -0.495 e. The second-order valence-corrected chi connectivity index (χ2v) is 8.52. The number of nitrogens with one attached hydrogen (secondary N) is 1. The average Bonchev–Trinajstić information content (AvgIpc) is 2.93. The topological polar surface area (TPSA) is 68.5 Å². The van der Waals surface area contributed by atoms with Crippen molar-refractivity contribution in [2.45, 2.75) is 18.9 Å². The zero-order chi connectivity index (χ0) is 16.7. The number of anilines is 1. The zero-order valence-corrected chi connectivity index (χ0v) is 14.2. The van der Waals surface area contributed by atoms with Crippen molar-refractivity contribution in [1.82, 2.24) is 0 Å². The SMILES string of the molecule is COc1cc2c(cc1NC1CCS(=O)(=O)CC1)oc1ccccc12. The summed E-state index contributed by atoms with van der Waals surface area (Å²) in [5.41, 5.74) is 2.48. The van der Waals surface area contributed by atoms with E-state index in [1.807, 2.05) is 36.4 Å². The molecule has 0 spiro atoms. The summed E-state index contributed by atoms with van der Waals surface area (Å²) in [7, 11) is -1.23. The van der Waals surface area contributed by atoms with Crippen LogP contribution in [0.5, 0.6) is 5.75 Å². The third-order valence-electron chi connectivity index (χ3n) is 4.61. The first-order valence-corrected chi connectivity index (χ1v) is 9.84. The standard InChI is InChI=1S/C18H19NO4S/c1-22-18-10-14-13-4-2-3-5-16(13)23-17(14)11-15(18)19-12-6-8-24(20,21)9-7-12/h2-5,10-12,19H,6-9H2,1H3. The van der Waals surface area contributed by atoms with Crippen molar-refractivity contribution in [3.63, 3.8) is 0 Å². The molecule has 2 heterocycles. The number of benzene rings is 2. The van der Waals surface area contributed by atoms with Crippen LogP contribution in [-0.4, -0.2) is 33.1 Å². The van der Waals surface area contributed by atoms with Gasteiger partial charge in [0.05, 0.1) is 24.3 Å². The number of hydrogen-bond donors (Lipinski definition) is 1. The van der Waals surface area contributed by atoms with Gasteiger partial charge in [-0.15, -0.1) is 0 Å². The first kappa shape index (κ1) is 15.3. The van der Waals surface area contributed by atoms with Crippen molar-refractivity contribution in [2.75, 3.05) is 23.9 Å². The fourth-order valence-corrected chi connectivity index (χ4v) is 4.78. The fourth-order valence-electron chi connectivity index (χ4n) is 3.29. The molecule has 4 rings (SSSR count). The molecule has 1 saturated heterocycles. The minimum atomic E-state index is -2.87.